The SMILES string of the molecule is COc1c(C)cc(C#N)c(C)c1OC. The van der Waals surface area contributed by atoms with E-state index in [4.69, 9.17) is 14.7 Å². The van der Waals surface area contributed by atoms with Gasteiger partial charge < -0.3 is 9.47 Å². The van der Waals surface area contributed by atoms with Crippen molar-refractivity contribution in [1.82, 2.24) is 0 Å². The molecule has 0 aromatic heterocycles. The first-order valence-corrected chi connectivity index (χ1v) is 4.28. The fourth-order valence-corrected chi connectivity index (χ4v) is 1.48. The lowest BCUT2D eigenvalue weighted by atomic mass is 10.0. The van der Waals surface area contributed by atoms with Crippen molar-refractivity contribution in [2.45, 2.75) is 13.8 Å². The van der Waals surface area contributed by atoms with E-state index in [0.717, 1.165) is 11.1 Å². The van der Waals surface area contributed by atoms with E-state index < -0.39 is 0 Å². The van der Waals surface area contributed by atoms with Crippen LogP contribution in [-0.4, -0.2) is 14.2 Å². The second-order valence-electron chi connectivity index (χ2n) is 3.04. The third kappa shape index (κ3) is 1.51. The van der Waals surface area contributed by atoms with Gasteiger partial charge in [0.25, 0.3) is 0 Å². The van der Waals surface area contributed by atoms with Crippen molar-refractivity contribution >= 4 is 0 Å². The van der Waals surface area contributed by atoms with E-state index in [1.807, 2.05) is 13.8 Å². The molecule has 0 saturated carbocycles. The van der Waals surface area contributed by atoms with Crippen molar-refractivity contribution in [2.75, 3.05) is 14.2 Å². The van der Waals surface area contributed by atoms with Crippen LogP contribution in [0.5, 0.6) is 11.5 Å². The molecule has 1 aromatic rings. The molecule has 0 radical (unpaired) electrons. The number of aryl methyl sites for hydroxylation is 1. The fraction of sp³-hybridized carbons (Fsp3) is 0.364. The van der Waals surface area contributed by atoms with Crippen LogP contribution in [0.25, 0.3) is 0 Å². The number of hydrogen-bond donors (Lipinski definition) is 0. The first-order valence-electron chi connectivity index (χ1n) is 4.28. The molecular weight excluding hydrogens is 178 g/mol. The van der Waals surface area contributed by atoms with E-state index in [1.165, 1.54) is 0 Å². The second kappa shape index (κ2) is 4.01. The Bertz CT molecular complexity index is 388. The van der Waals surface area contributed by atoms with Crippen molar-refractivity contribution < 1.29 is 9.47 Å². The summed E-state index contributed by atoms with van der Waals surface area (Å²) < 4.78 is 10.4. The molecule has 0 heterocycles. The first-order chi connectivity index (χ1) is 6.65. The summed E-state index contributed by atoms with van der Waals surface area (Å²) in [7, 11) is 3.17. The monoisotopic (exact) mass is 191 g/mol. The van der Waals surface area contributed by atoms with Gasteiger partial charge in [-0.25, -0.2) is 0 Å². The Morgan fingerprint density at radius 1 is 1.14 bits per heavy atom. The van der Waals surface area contributed by atoms with Gasteiger partial charge in [0.1, 0.15) is 0 Å². The van der Waals surface area contributed by atoms with Crippen LogP contribution >= 0.6 is 0 Å². The van der Waals surface area contributed by atoms with E-state index in [2.05, 4.69) is 6.07 Å². The molecule has 0 spiro atoms. The van der Waals surface area contributed by atoms with Crippen LogP contribution in [0.4, 0.5) is 0 Å². The Hall–Kier alpha value is -1.69. The molecule has 0 atom stereocenters. The van der Waals surface area contributed by atoms with E-state index in [1.54, 1.807) is 20.3 Å². The highest BCUT2D eigenvalue weighted by Gasteiger charge is 2.13. The summed E-state index contributed by atoms with van der Waals surface area (Å²) in [6.45, 7) is 3.74. The fourth-order valence-electron chi connectivity index (χ4n) is 1.48. The van der Waals surface area contributed by atoms with Crippen molar-refractivity contribution in [2.24, 2.45) is 0 Å². The molecule has 0 unspecified atom stereocenters. The minimum Gasteiger partial charge on any atom is -0.493 e. The van der Waals surface area contributed by atoms with Crippen LogP contribution in [0.1, 0.15) is 16.7 Å². The van der Waals surface area contributed by atoms with Gasteiger partial charge in [-0.2, -0.15) is 5.26 Å². The number of benzene rings is 1. The van der Waals surface area contributed by atoms with Crippen LogP contribution in [0.15, 0.2) is 6.07 Å². The molecule has 3 heteroatoms. The first kappa shape index (κ1) is 10.4. The zero-order valence-corrected chi connectivity index (χ0v) is 8.84. The predicted octanol–water partition coefficient (Wildman–Crippen LogP) is 2.19. The number of rotatable bonds is 2. The predicted molar refractivity (Wildman–Crippen MR) is 53.7 cm³/mol. The van der Waals surface area contributed by atoms with Crippen LogP contribution in [0.2, 0.25) is 0 Å². The lowest BCUT2D eigenvalue weighted by Gasteiger charge is -2.13. The van der Waals surface area contributed by atoms with Crippen molar-refractivity contribution in [3.63, 3.8) is 0 Å². The molecule has 0 aliphatic rings. The summed E-state index contributed by atoms with van der Waals surface area (Å²) >= 11 is 0. The van der Waals surface area contributed by atoms with Gasteiger partial charge in [-0.05, 0) is 25.5 Å². The largest absolute Gasteiger partial charge is 0.493 e. The molecule has 1 aromatic carbocycles. The third-order valence-electron chi connectivity index (χ3n) is 2.20. The second-order valence-corrected chi connectivity index (χ2v) is 3.04. The molecule has 3 nitrogen and oxygen atoms in total. The summed E-state index contributed by atoms with van der Waals surface area (Å²) in [6.07, 6.45) is 0. The molecule has 0 N–H and O–H groups in total. The van der Waals surface area contributed by atoms with Gasteiger partial charge in [0.05, 0.1) is 25.9 Å². The maximum absolute atomic E-state index is 8.88. The highest BCUT2D eigenvalue weighted by Crippen LogP contribution is 2.35. The Morgan fingerprint density at radius 2 is 1.71 bits per heavy atom. The number of ether oxygens (including phenoxy) is 2. The Labute approximate surface area is 83.9 Å². The molecule has 1 rings (SSSR count). The van der Waals surface area contributed by atoms with Crippen molar-refractivity contribution in [1.29, 1.82) is 5.26 Å². The zero-order valence-electron chi connectivity index (χ0n) is 8.84. The maximum Gasteiger partial charge on any atom is 0.165 e. The van der Waals surface area contributed by atoms with Gasteiger partial charge in [0, 0.05) is 5.56 Å². The van der Waals surface area contributed by atoms with Gasteiger partial charge in [-0.1, -0.05) is 0 Å². The normalized spacial score (nSPS) is 9.36. The van der Waals surface area contributed by atoms with E-state index in [0.29, 0.717) is 17.1 Å². The molecular formula is C11H13NO2. The van der Waals surface area contributed by atoms with Crippen LogP contribution in [-0.2, 0) is 0 Å². The minimum atomic E-state index is 0.625. The lowest BCUT2D eigenvalue weighted by Crippen LogP contribution is -1.98. The standard InChI is InChI=1S/C11H13NO2/c1-7-5-9(6-12)8(2)11(14-4)10(7)13-3/h5H,1-4H3. The summed E-state index contributed by atoms with van der Waals surface area (Å²) in [6, 6.07) is 3.93. The Kier molecular flexibility index (Phi) is 2.98. The van der Waals surface area contributed by atoms with Gasteiger partial charge in [0.15, 0.2) is 11.5 Å². The van der Waals surface area contributed by atoms with Gasteiger partial charge in [0.2, 0.25) is 0 Å². The van der Waals surface area contributed by atoms with E-state index in [-0.39, 0.29) is 0 Å². The van der Waals surface area contributed by atoms with E-state index >= 15 is 0 Å². The highest BCUT2D eigenvalue weighted by molar-refractivity contribution is 5.57. The van der Waals surface area contributed by atoms with Crippen molar-refractivity contribution in [3.05, 3.63) is 22.8 Å². The van der Waals surface area contributed by atoms with Crippen molar-refractivity contribution in [3.8, 4) is 17.6 Å². The molecule has 74 valence electrons. The molecule has 14 heavy (non-hydrogen) atoms. The smallest absolute Gasteiger partial charge is 0.165 e. The highest BCUT2D eigenvalue weighted by atomic mass is 16.5. The Morgan fingerprint density at radius 3 is 2.14 bits per heavy atom. The topological polar surface area (TPSA) is 42.2 Å². The van der Waals surface area contributed by atoms with Gasteiger partial charge >= 0.3 is 0 Å². The molecule has 0 fully saturated rings. The van der Waals surface area contributed by atoms with Crippen LogP contribution in [0, 0.1) is 25.2 Å². The molecule has 0 aliphatic carbocycles. The third-order valence-corrected chi connectivity index (χ3v) is 2.20. The van der Waals surface area contributed by atoms with Gasteiger partial charge in [-0.3, -0.25) is 0 Å². The quantitative estimate of drug-likeness (QED) is 0.719. The van der Waals surface area contributed by atoms with E-state index in [9.17, 15) is 0 Å². The number of methoxy groups -OCH3 is 2. The summed E-state index contributed by atoms with van der Waals surface area (Å²) in [5, 5.41) is 8.88. The molecule has 0 amide bonds. The minimum absolute atomic E-state index is 0.625. The molecule has 0 bridgehead atoms. The average molecular weight is 191 g/mol. The number of nitriles is 1. The lowest BCUT2D eigenvalue weighted by molar-refractivity contribution is 0.351. The van der Waals surface area contributed by atoms with Crippen LogP contribution in [0.3, 0.4) is 0 Å². The number of hydrogen-bond acceptors (Lipinski definition) is 3. The summed E-state index contributed by atoms with van der Waals surface area (Å²) in [5.41, 5.74) is 2.35. The van der Waals surface area contributed by atoms with Crippen LogP contribution < -0.4 is 9.47 Å². The maximum atomic E-state index is 8.88. The van der Waals surface area contributed by atoms with Gasteiger partial charge in [-0.15, -0.1) is 0 Å². The summed E-state index contributed by atoms with van der Waals surface area (Å²) in [5.74, 6) is 1.34. The Balaban J connectivity index is 3.50. The average Bonchev–Trinajstić information content (AvgIpc) is 2.20. The summed E-state index contributed by atoms with van der Waals surface area (Å²) in [4.78, 5) is 0. The number of nitrogens with zero attached hydrogens (tertiary/aromatic N) is 1. The zero-order chi connectivity index (χ0) is 10.7. The molecule has 0 saturated heterocycles. The molecule has 0 aliphatic heterocycles.